The fraction of sp³-hybridized carbons (Fsp3) is 0.579. The number of carbonyl (C=O) groups is 2. The first-order valence-electron chi connectivity index (χ1n) is 8.99. The van der Waals surface area contributed by atoms with Gasteiger partial charge in [0.15, 0.2) is 0 Å². The van der Waals surface area contributed by atoms with E-state index in [9.17, 15) is 9.59 Å². The van der Waals surface area contributed by atoms with Crippen LogP contribution in [0.25, 0.3) is 0 Å². The van der Waals surface area contributed by atoms with Crippen molar-refractivity contribution in [3.8, 4) is 0 Å². The molecular weight excluding hydrogens is 302 g/mol. The summed E-state index contributed by atoms with van der Waals surface area (Å²) >= 11 is 0. The number of amides is 2. The lowest BCUT2D eigenvalue weighted by molar-refractivity contribution is -0.130. The first-order valence-corrected chi connectivity index (χ1v) is 8.99. The van der Waals surface area contributed by atoms with Gasteiger partial charge >= 0.3 is 0 Å². The number of nitrogens with one attached hydrogen (secondary N) is 1. The Morgan fingerprint density at radius 3 is 2.67 bits per heavy atom. The molecule has 3 N–H and O–H groups in total. The molecule has 2 fully saturated rings. The number of benzene rings is 1. The van der Waals surface area contributed by atoms with Gasteiger partial charge in [-0.2, -0.15) is 0 Å². The Bertz CT molecular complexity index is 575. The summed E-state index contributed by atoms with van der Waals surface area (Å²) < 4.78 is 0. The van der Waals surface area contributed by atoms with E-state index in [0.29, 0.717) is 13.0 Å². The predicted octanol–water partition coefficient (Wildman–Crippen LogP) is 1.46. The zero-order valence-electron chi connectivity index (χ0n) is 14.1. The van der Waals surface area contributed by atoms with E-state index < -0.39 is 0 Å². The highest BCUT2D eigenvalue weighted by molar-refractivity contribution is 5.80. The van der Waals surface area contributed by atoms with Gasteiger partial charge in [0.05, 0.1) is 0 Å². The molecule has 5 nitrogen and oxygen atoms in total. The molecule has 1 aliphatic carbocycles. The minimum Gasteiger partial charge on any atom is -0.351 e. The van der Waals surface area contributed by atoms with Crippen LogP contribution in [-0.4, -0.2) is 41.9 Å². The van der Waals surface area contributed by atoms with Gasteiger partial charge in [0.25, 0.3) is 0 Å². The van der Waals surface area contributed by atoms with Crippen molar-refractivity contribution in [2.45, 2.75) is 50.6 Å². The molecule has 5 heteroatoms. The molecule has 1 saturated carbocycles. The van der Waals surface area contributed by atoms with Crippen LogP contribution in [0.3, 0.4) is 0 Å². The van der Waals surface area contributed by atoms with Crippen molar-refractivity contribution in [2.24, 2.45) is 11.7 Å². The molecule has 3 unspecified atom stereocenters. The van der Waals surface area contributed by atoms with E-state index in [1.807, 2.05) is 35.2 Å². The zero-order chi connectivity index (χ0) is 16.9. The van der Waals surface area contributed by atoms with E-state index in [1.54, 1.807) is 0 Å². The van der Waals surface area contributed by atoms with Crippen molar-refractivity contribution >= 4 is 11.8 Å². The highest BCUT2D eigenvalue weighted by Gasteiger charge is 2.32. The van der Waals surface area contributed by atoms with Crippen molar-refractivity contribution in [3.05, 3.63) is 35.9 Å². The third-order valence-electron chi connectivity index (χ3n) is 5.20. The topological polar surface area (TPSA) is 75.4 Å². The minimum atomic E-state index is 0.0582. The van der Waals surface area contributed by atoms with Gasteiger partial charge in [-0.05, 0) is 37.7 Å². The van der Waals surface area contributed by atoms with Crippen LogP contribution in [0, 0.1) is 5.92 Å². The van der Waals surface area contributed by atoms with Crippen molar-refractivity contribution in [3.63, 3.8) is 0 Å². The highest BCUT2D eigenvalue weighted by Crippen LogP contribution is 2.24. The molecule has 1 aliphatic heterocycles. The quantitative estimate of drug-likeness (QED) is 0.859. The smallest absolute Gasteiger partial charge is 0.223 e. The lowest BCUT2D eigenvalue weighted by Crippen LogP contribution is -2.41. The summed E-state index contributed by atoms with van der Waals surface area (Å²) in [7, 11) is 0. The zero-order valence-corrected chi connectivity index (χ0v) is 14.1. The Labute approximate surface area is 143 Å². The van der Waals surface area contributed by atoms with Gasteiger partial charge in [0.2, 0.25) is 11.8 Å². The van der Waals surface area contributed by atoms with Gasteiger partial charge in [-0.25, -0.2) is 0 Å². The molecule has 1 heterocycles. The number of hydrogen-bond donors (Lipinski definition) is 2. The standard InChI is InChI=1S/C19H27N3O2/c20-16-8-7-15(12-16)19(24)21-17-10-11-22(13-17)18(23)9-6-14-4-2-1-3-5-14/h1-5,15-17H,6-13,20H2,(H,21,24). The van der Waals surface area contributed by atoms with Gasteiger partial charge in [0.1, 0.15) is 0 Å². The highest BCUT2D eigenvalue weighted by atomic mass is 16.2. The van der Waals surface area contributed by atoms with Gasteiger partial charge in [-0.3, -0.25) is 9.59 Å². The second-order valence-corrected chi connectivity index (χ2v) is 7.09. The Morgan fingerprint density at radius 1 is 1.17 bits per heavy atom. The molecule has 3 rings (SSSR count). The Hall–Kier alpha value is -1.88. The lowest BCUT2D eigenvalue weighted by Gasteiger charge is -2.18. The maximum absolute atomic E-state index is 12.3. The monoisotopic (exact) mass is 329 g/mol. The maximum atomic E-state index is 12.3. The molecular formula is C19H27N3O2. The van der Waals surface area contributed by atoms with Crippen LogP contribution in [0.2, 0.25) is 0 Å². The molecule has 0 aromatic heterocycles. The Morgan fingerprint density at radius 2 is 1.96 bits per heavy atom. The van der Waals surface area contributed by atoms with Crippen molar-refractivity contribution in [1.82, 2.24) is 10.2 Å². The van der Waals surface area contributed by atoms with Gasteiger partial charge in [-0.1, -0.05) is 30.3 Å². The number of nitrogens with two attached hydrogens (primary N) is 1. The molecule has 1 saturated heterocycles. The van der Waals surface area contributed by atoms with Gasteiger partial charge in [-0.15, -0.1) is 0 Å². The van der Waals surface area contributed by atoms with E-state index in [4.69, 9.17) is 5.73 Å². The third kappa shape index (κ3) is 4.35. The summed E-state index contributed by atoms with van der Waals surface area (Å²) in [5, 5.41) is 3.11. The summed E-state index contributed by atoms with van der Waals surface area (Å²) in [6, 6.07) is 10.3. The van der Waals surface area contributed by atoms with E-state index in [0.717, 1.165) is 38.6 Å². The summed E-state index contributed by atoms with van der Waals surface area (Å²) in [5.74, 6) is 0.354. The van der Waals surface area contributed by atoms with Crippen LogP contribution in [0.15, 0.2) is 30.3 Å². The van der Waals surface area contributed by atoms with Crippen LogP contribution in [0.5, 0.6) is 0 Å². The largest absolute Gasteiger partial charge is 0.351 e. The van der Waals surface area contributed by atoms with E-state index in [1.165, 1.54) is 5.56 Å². The SMILES string of the molecule is NC1CCC(C(=O)NC2CCN(C(=O)CCc3ccccc3)C2)C1. The number of aryl methyl sites for hydroxylation is 1. The fourth-order valence-corrected chi connectivity index (χ4v) is 3.73. The number of likely N-dealkylation sites (tertiary alicyclic amines) is 1. The summed E-state index contributed by atoms with van der Waals surface area (Å²) in [4.78, 5) is 26.5. The lowest BCUT2D eigenvalue weighted by atomic mass is 10.1. The van der Waals surface area contributed by atoms with Crippen LogP contribution >= 0.6 is 0 Å². The Balaban J connectivity index is 1.41. The first kappa shape index (κ1) is 17.0. The average Bonchev–Trinajstić information content (AvgIpc) is 3.23. The van der Waals surface area contributed by atoms with Crippen molar-refractivity contribution < 1.29 is 9.59 Å². The molecule has 130 valence electrons. The molecule has 2 aliphatic rings. The van der Waals surface area contributed by atoms with Gasteiger partial charge < -0.3 is 16.0 Å². The van der Waals surface area contributed by atoms with Crippen molar-refractivity contribution in [1.29, 1.82) is 0 Å². The molecule has 0 bridgehead atoms. The number of nitrogens with zero attached hydrogens (tertiary/aromatic N) is 1. The molecule has 1 aromatic rings. The summed E-state index contributed by atoms with van der Waals surface area (Å²) in [6.45, 7) is 1.38. The van der Waals surface area contributed by atoms with Crippen LogP contribution in [-0.2, 0) is 16.0 Å². The van der Waals surface area contributed by atoms with Crippen LogP contribution in [0.1, 0.15) is 37.7 Å². The fourth-order valence-electron chi connectivity index (χ4n) is 3.73. The Kier molecular flexibility index (Phi) is 5.51. The molecule has 0 spiro atoms. The maximum Gasteiger partial charge on any atom is 0.223 e. The van der Waals surface area contributed by atoms with E-state index in [-0.39, 0.29) is 29.8 Å². The summed E-state index contributed by atoms with van der Waals surface area (Å²) in [5.41, 5.74) is 7.07. The van der Waals surface area contributed by atoms with Crippen molar-refractivity contribution in [2.75, 3.05) is 13.1 Å². The van der Waals surface area contributed by atoms with E-state index >= 15 is 0 Å². The molecule has 24 heavy (non-hydrogen) atoms. The predicted molar refractivity (Wildman–Crippen MR) is 93.2 cm³/mol. The molecule has 1 aromatic carbocycles. The first-order chi connectivity index (χ1) is 11.6. The molecule has 2 amide bonds. The number of hydrogen-bond acceptors (Lipinski definition) is 3. The normalized spacial score (nSPS) is 26.5. The third-order valence-corrected chi connectivity index (χ3v) is 5.20. The van der Waals surface area contributed by atoms with Crippen LogP contribution in [0.4, 0.5) is 0 Å². The van der Waals surface area contributed by atoms with Gasteiger partial charge in [0, 0.05) is 37.5 Å². The van der Waals surface area contributed by atoms with Crippen LogP contribution < -0.4 is 11.1 Å². The molecule has 3 atom stereocenters. The molecule has 0 radical (unpaired) electrons. The average molecular weight is 329 g/mol. The second-order valence-electron chi connectivity index (χ2n) is 7.09. The van der Waals surface area contributed by atoms with E-state index in [2.05, 4.69) is 5.32 Å². The minimum absolute atomic E-state index is 0.0582. The second kappa shape index (κ2) is 7.79. The number of rotatable bonds is 5. The summed E-state index contributed by atoms with van der Waals surface area (Å²) in [6.07, 6.45) is 4.77. The number of carbonyl (C=O) groups excluding carboxylic acids is 2.